The minimum Gasteiger partial charge on any atom is -0.376 e. The minimum absolute atomic E-state index is 0.132. The summed E-state index contributed by atoms with van der Waals surface area (Å²) in [5.41, 5.74) is 1.17. The van der Waals surface area contributed by atoms with Crippen LogP contribution in [0.3, 0.4) is 0 Å². The van der Waals surface area contributed by atoms with E-state index in [1.54, 1.807) is 0 Å². The van der Waals surface area contributed by atoms with Gasteiger partial charge in [-0.3, -0.25) is 0 Å². The molecule has 4 aliphatic heterocycles. The van der Waals surface area contributed by atoms with Crippen LogP contribution < -0.4 is 0 Å². The SMILES string of the molecule is O=C(N1CCN2CCC1CC2)n1nc(-c2ccc(F)c(F)c2F)c2c1CCOC2. The van der Waals surface area contributed by atoms with Gasteiger partial charge in [0.2, 0.25) is 0 Å². The third kappa shape index (κ3) is 3.03. The van der Waals surface area contributed by atoms with Crippen molar-refractivity contribution in [1.29, 1.82) is 0 Å². The van der Waals surface area contributed by atoms with Crippen molar-refractivity contribution in [3.8, 4) is 11.3 Å². The van der Waals surface area contributed by atoms with Crippen LogP contribution >= 0.6 is 0 Å². The summed E-state index contributed by atoms with van der Waals surface area (Å²) >= 11 is 0. The minimum atomic E-state index is -1.55. The van der Waals surface area contributed by atoms with Gasteiger partial charge in [0.25, 0.3) is 0 Å². The topological polar surface area (TPSA) is 50.6 Å². The van der Waals surface area contributed by atoms with Crippen LogP contribution in [0.1, 0.15) is 24.1 Å². The average Bonchev–Trinajstić information content (AvgIpc) is 2.87. The molecule has 2 aromatic rings. The molecule has 0 saturated carbocycles. The van der Waals surface area contributed by atoms with Gasteiger partial charge in [0.1, 0.15) is 5.69 Å². The van der Waals surface area contributed by atoms with E-state index in [1.165, 1.54) is 4.68 Å². The first-order chi connectivity index (χ1) is 14.0. The van der Waals surface area contributed by atoms with Crippen LogP contribution in [0.5, 0.6) is 0 Å². The van der Waals surface area contributed by atoms with Gasteiger partial charge in [-0.2, -0.15) is 9.78 Å². The Labute approximate surface area is 165 Å². The molecule has 0 radical (unpaired) electrons. The van der Waals surface area contributed by atoms with E-state index in [1.807, 2.05) is 4.90 Å². The van der Waals surface area contributed by atoms with Crippen molar-refractivity contribution < 1.29 is 22.7 Å². The van der Waals surface area contributed by atoms with Crippen LogP contribution in [0, 0.1) is 17.5 Å². The number of hydrogen-bond donors (Lipinski definition) is 0. The first kappa shape index (κ1) is 18.6. The maximum atomic E-state index is 14.5. The highest BCUT2D eigenvalue weighted by Gasteiger charge is 2.35. The Morgan fingerprint density at radius 3 is 2.66 bits per heavy atom. The summed E-state index contributed by atoms with van der Waals surface area (Å²) in [6, 6.07) is 1.93. The van der Waals surface area contributed by atoms with Gasteiger partial charge in [-0.05, 0) is 25.0 Å². The van der Waals surface area contributed by atoms with Gasteiger partial charge >= 0.3 is 6.03 Å². The number of nitrogens with zero attached hydrogens (tertiary/aromatic N) is 4. The van der Waals surface area contributed by atoms with Crippen LogP contribution in [0.2, 0.25) is 0 Å². The Hall–Kier alpha value is -2.39. The number of hydrogen-bond acceptors (Lipinski definition) is 4. The molecule has 29 heavy (non-hydrogen) atoms. The largest absolute Gasteiger partial charge is 0.376 e. The summed E-state index contributed by atoms with van der Waals surface area (Å²) in [6.07, 6.45) is 2.29. The lowest BCUT2D eigenvalue weighted by Gasteiger charge is -2.31. The Bertz CT molecular complexity index is 969. The lowest BCUT2D eigenvalue weighted by Crippen LogP contribution is -2.44. The summed E-state index contributed by atoms with van der Waals surface area (Å²) in [6.45, 7) is 3.95. The quantitative estimate of drug-likeness (QED) is 0.684. The predicted molar refractivity (Wildman–Crippen MR) is 97.9 cm³/mol. The highest BCUT2D eigenvalue weighted by Crippen LogP contribution is 2.33. The maximum absolute atomic E-state index is 14.5. The van der Waals surface area contributed by atoms with Gasteiger partial charge in [0.15, 0.2) is 17.5 Å². The Balaban J connectivity index is 1.58. The third-order valence-electron chi connectivity index (χ3n) is 6.19. The predicted octanol–water partition coefficient (Wildman–Crippen LogP) is 2.79. The highest BCUT2D eigenvalue weighted by atomic mass is 19.2. The fraction of sp³-hybridized carbons (Fsp3) is 0.500. The second-order valence-electron chi connectivity index (χ2n) is 7.76. The number of benzene rings is 1. The normalized spacial score (nSPS) is 23.8. The Morgan fingerprint density at radius 2 is 1.86 bits per heavy atom. The molecule has 4 aliphatic rings. The van der Waals surface area contributed by atoms with Crippen molar-refractivity contribution in [1.82, 2.24) is 19.6 Å². The molecular weight excluding hydrogens is 385 g/mol. The van der Waals surface area contributed by atoms with Gasteiger partial charge in [-0.25, -0.2) is 18.0 Å². The van der Waals surface area contributed by atoms with Crippen LogP contribution in [0.25, 0.3) is 11.3 Å². The van der Waals surface area contributed by atoms with E-state index >= 15 is 0 Å². The summed E-state index contributed by atoms with van der Waals surface area (Å²) in [5, 5.41) is 4.38. The molecule has 6 rings (SSSR count). The third-order valence-corrected chi connectivity index (χ3v) is 6.19. The number of amides is 1. The van der Waals surface area contributed by atoms with E-state index < -0.39 is 17.5 Å². The zero-order valence-corrected chi connectivity index (χ0v) is 15.8. The maximum Gasteiger partial charge on any atom is 0.345 e. The molecular formula is C20H21F3N4O2. The van der Waals surface area contributed by atoms with Crippen LogP contribution in [0.4, 0.5) is 18.0 Å². The number of halogens is 3. The molecule has 3 fully saturated rings. The molecule has 0 N–H and O–H groups in total. The van der Waals surface area contributed by atoms with Crippen molar-refractivity contribution in [3.05, 3.63) is 40.8 Å². The van der Waals surface area contributed by atoms with Crippen molar-refractivity contribution >= 4 is 6.03 Å². The van der Waals surface area contributed by atoms with Gasteiger partial charge in [0, 0.05) is 49.8 Å². The van der Waals surface area contributed by atoms with Crippen molar-refractivity contribution in [3.63, 3.8) is 0 Å². The second-order valence-corrected chi connectivity index (χ2v) is 7.76. The Kier molecular flexibility index (Phi) is 4.59. The van der Waals surface area contributed by atoms with Gasteiger partial charge in [0.05, 0.1) is 18.9 Å². The highest BCUT2D eigenvalue weighted by molar-refractivity contribution is 5.80. The molecule has 1 amide bonds. The van der Waals surface area contributed by atoms with Gasteiger partial charge < -0.3 is 14.5 Å². The molecule has 5 heterocycles. The number of carbonyl (C=O) groups excluding carboxylic acids is 1. The summed E-state index contributed by atoms with van der Waals surface area (Å²) in [4.78, 5) is 17.6. The molecule has 0 unspecified atom stereocenters. The lowest BCUT2D eigenvalue weighted by molar-refractivity contribution is 0.108. The number of aromatic nitrogens is 2. The van der Waals surface area contributed by atoms with Gasteiger partial charge in [-0.1, -0.05) is 0 Å². The summed E-state index contributed by atoms with van der Waals surface area (Å²) in [7, 11) is 0. The zero-order valence-electron chi connectivity index (χ0n) is 15.8. The lowest BCUT2D eigenvalue weighted by atomic mass is 10.0. The van der Waals surface area contributed by atoms with E-state index in [2.05, 4.69) is 10.00 Å². The fourth-order valence-electron chi connectivity index (χ4n) is 4.58. The monoisotopic (exact) mass is 406 g/mol. The van der Waals surface area contributed by atoms with Crippen LogP contribution in [-0.2, 0) is 17.8 Å². The summed E-state index contributed by atoms with van der Waals surface area (Å²) < 4.78 is 48.5. The van der Waals surface area contributed by atoms with Crippen molar-refractivity contribution in [2.75, 3.05) is 32.8 Å². The molecule has 2 bridgehead atoms. The molecule has 1 aromatic carbocycles. The van der Waals surface area contributed by atoms with Crippen molar-refractivity contribution in [2.24, 2.45) is 0 Å². The molecule has 1 aromatic heterocycles. The molecule has 0 atom stereocenters. The molecule has 3 saturated heterocycles. The molecule has 6 nitrogen and oxygen atoms in total. The molecule has 9 heteroatoms. The smallest absolute Gasteiger partial charge is 0.345 e. The van der Waals surface area contributed by atoms with E-state index in [0.717, 1.165) is 44.6 Å². The molecule has 0 aliphatic carbocycles. The zero-order chi connectivity index (χ0) is 20.1. The number of fused-ring (bicyclic) bond motifs is 5. The molecule has 154 valence electrons. The van der Waals surface area contributed by atoms with E-state index in [4.69, 9.17) is 4.74 Å². The van der Waals surface area contributed by atoms with Crippen LogP contribution in [-0.4, -0.2) is 64.4 Å². The van der Waals surface area contributed by atoms with E-state index in [-0.39, 0.29) is 29.9 Å². The average molecular weight is 406 g/mol. The van der Waals surface area contributed by atoms with E-state index in [9.17, 15) is 18.0 Å². The Morgan fingerprint density at radius 1 is 1.07 bits per heavy atom. The summed E-state index contributed by atoms with van der Waals surface area (Å²) in [5.74, 6) is -4.12. The fourth-order valence-corrected chi connectivity index (χ4v) is 4.58. The van der Waals surface area contributed by atoms with E-state index in [0.29, 0.717) is 30.8 Å². The number of rotatable bonds is 1. The number of ether oxygens (including phenoxy) is 1. The first-order valence-corrected chi connectivity index (χ1v) is 9.90. The number of piperidine rings is 1. The van der Waals surface area contributed by atoms with Gasteiger partial charge in [-0.15, -0.1) is 0 Å². The van der Waals surface area contributed by atoms with Crippen molar-refractivity contribution in [2.45, 2.75) is 31.9 Å². The van der Waals surface area contributed by atoms with Crippen LogP contribution in [0.15, 0.2) is 12.1 Å². The standard InChI is InChI=1S/C20H21F3N4O2/c21-15-2-1-13(17(22)18(15)23)19-14-11-29-10-5-16(14)27(24-19)20(28)26-9-8-25-6-3-12(26)4-7-25/h1-2,12H,3-11H2. The molecule has 0 spiro atoms. The number of carbonyl (C=O) groups is 1. The second kappa shape index (κ2) is 7.14. The first-order valence-electron chi connectivity index (χ1n) is 9.90.